The normalized spacial score (nSPS) is 10.9. The summed E-state index contributed by atoms with van der Waals surface area (Å²) in [5, 5.41) is 7.05. The van der Waals surface area contributed by atoms with Crippen molar-refractivity contribution in [3.05, 3.63) is 68.6 Å². The van der Waals surface area contributed by atoms with Gasteiger partial charge in [0.2, 0.25) is 0 Å². The topological polar surface area (TPSA) is 136 Å². The number of rotatable bonds is 5. The molecule has 0 aliphatic heterocycles. The maximum atomic E-state index is 12.5. The number of carbonyl (C=O) groups is 1. The lowest BCUT2D eigenvalue weighted by Gasteiger charge is -2.10. The second-order valence-electron chi connectivity index (χ2n) is 6.26. The zero-order chi connectivity index (χ0) is 21.3. The zero-order valence-electron chi connectivity index (χ0n) is 16.0. The number of esters is 1. The zero-order valence-corrected chi connectivity index (χ0v) is 16.0. The fraction of sp³-hybridized carbons (Fsp3) is 0.150. The Labute approximate surface area is 168 Å². The maximum absolute atomic E-state index is 12.5. The van der Waals surface area contributed by atoms with E-state index in [9.17, 15) is 14.4 Å². The molecule has 0 amide bonds. The summed E-state index contributed by atoms with van der Waals surface area (Å²) in [5.41, 5.74) is -0.513. The van der Waals surface area contributed by atoms with Crippen LogP contribution in [0.25, 0.3) is 21.7 Å². The van der Waals surface area contributed by atoms with Gasteiger partial charge in [0, 0.05) is 11.5 Å². The molecule has 4 rings (SSSR count). The molecule has 2 heterocycles. The first kappa shape index (κ1) is 19.1. The predicted molar refractivity (Wildman–Crippen MR) is 107 cm³/mol. The van der Waals surface area contributed by atoms with Crippen LogP contribution in [0.15, 0.2) is 46.0 Å². The standard InChI is InChI=1S/C20H16N4O6/c1-28-14-7-12-13(8-15(14)29-2)21-16(22-18(12)25)9-30-20(27)17-10-5-3-4-6-11(10)19(26)24-23-17/h3-8H,9H2,1-2H3,(H,24,26)(H,21,22,25). The molecule has 0 spiro atoms. The van der Waals surface area contributed by atoms with Crippen LogP contribution in [0, 0.1) is 0 Å². The van der Waals surface area contributed by atoms with Gasteiger partial charge in [-0.05, 0) is 12.1 Å². The van der Waals surface area contributed by atoms with E-state index in [0.717, 1.165) is 0 Å². The molecule has 0 atom stereocenters. The number of aromatic amines is 2. The van der Waals surface area contributed by atoms with Crippen molar-refractivity contribution in [2.45, 2.75) is 6.61 Å². The summed E-state index contributed by atoms with van der Waals surface area (Å²) in [6.07, 6.45) is 0. The van der Waals surface area contributed by atoms with E-state index in [1.807, 2.05) is 0 Å². The van der Waals surface area contributed by atoms with Crippen LogP contribution in [-0.4, -0.2) is 40.4 Å². The van der Waals surface area contributed by atoms with Crippen LogP contribution in [0.4, 0.5) is 0 Å². The van der Waals surface area contributed by atoms with Crippen LogP contribution in [0.3, 0.4) is 0 Å². The van der Waals surface area contributed by atoms with E-state index in [1.165, 1.54) is 20.3 Å². The predicted octanol–water partition coefficient (Wildman–Crippen LogP) is 1.53. The van der Waals surface area contributed by atoms with Gasteiger partial charge in [0.1, 0.15) is 12.4 Å². The molecule has 10 nitrogen and oxygen atoms in total. The average Bonchev–Trinajstić information content (AvgIpc) is 2.77. The maximum Gasteiger partial charge on any atom is 0.359 e. The van der Waals surface area contributed by atoms with E-state index in [0.29, 0.717) is 33.2 Å². The van der Waals surface area contributed by atoms with Gasteiger partial charge in [-0.3, -0.25) is 9.59 Å². The lowest BCUT2D eigenvalue weighted by atomic mass is 10.1. The minimum Gasteiger partial charge on any atom is -0.493 e. The highest BCUT2D eigenvalue weighted by Gasteiger charge is 2.17. The number of ether oxygens (including phenoxy) is 3. The minimum absolute atomic E-state index is 0.0419. The molecule has 0 bridgehead atoms. The van der Waals surface area contributed by atoms with Crippen molar-refractivity contribution >= 4 is 27.6 Å². The highest BCUT2D eigenvalue weighted by Crippen LogP contribution is 2.29. The Kier molecular flexibility index (Phi) is 4.88. The molecule has 2 aromatic heterocycles. The average molecular weight is 408 g/mol. The van der Waals surface area contributed by atoms with Crippen LogP contribution in [0.2, 0.25) is 0 Å². The minimum atomic E-state index is -0.766. The Bertz CT molecular complexity index is 1390. The molecule has 0 saturated heterocycles. The fourth-order valence-electron chi connectivity index (χ4n) is 3.06. The van der Waals surface area contributed by atoms with Crippen molar-refractivity contribution in [2.24, 2.45) is 0 Å². The molecule has 30 heavy (non-hydrogen) atoms. The highest BCUT2D eigenvalue weighted by molar-refractivity contribution is 6.01. The van der Waals surface area contributed by atoms with E-state index in [1.54, 1.807) is 30.3 Å². The summed E-state index contributed by atoms with van der Waals surface area (Å²) < 4.78 is 15.7. The number of fused-ring (bicyclic) bond motifs is 2. The Hall–Kier alpha value is -4.21. The number of aromatic nitrogens is 4. The van der Waals surface area contributed by atoms with Crippen molar-refractivity contribution in [2.75, 3.05) is 14.2 Å². The molecular formula is C20H16N4O6. The molecule has 2 aromatic carbocycles. The number of nitrogens with one attached hydrogen (secondary N) is 2. The van der Waals surface area contributed by atoms with Gasteiger partial charge < -0.3 is 19.2 Å². The first-order valence-corrected chi connectivity index (χ1v) is 8.81. The molecule has 152 valence electrons. The summed E-state index contributed by atoms with van der Waals surface area (Å²) in [6.45, 7) is -0.298. The number of hydrogen-bond donors (Lipinski definition) is 2. The van der Waals surface area contributed by atoms with Gasteiger partial charge in [-0.25, -0.2) is 14.9 Å². The number of benzene rings is 2. The quantitative estimate of drug-likeness (QED) is 0.475. The lowest BCUT2D eigenvalue weighted by molar-refractivity contribution is 0.0456. The van der Waals surface area contributed by atoms with Gasteiger partial charge in [0.25, 0.3) is 11.1 Å². The third-order valence-corrected chi connectivity index (χ3v) is 4.49. The second-order valence-corrected chi connectivity index (χ2v) is 6.26. The Morgan fingerprint density at radius 3 is 2.40 bits per heavy atom. The first-order chi connectivity index (χ1) is 14.5. The van der Waals surface area contributed by atoms with Gasteiger partial charge in [0.15, 0.2) is 17.2 Å². The van der Waals surface area contributed by atoms with Gasteiger partial charge in [0.05, 0.1) is 30.5 Å². The SMILES string of the molecule is COc1cc2nc(COC(=O)c3n[nH]c(=O)c4ccccc34)[nH]c(=O)c2cc1OC. The molecule has 0 saturated carbocycles. The van der Waals surface area contributed by atoms with Crippen LogP contribution in [0.1, 0.15) is 16.3 Å². The molecule has 0 unspecified atom stereocenters. The molecule has 10 heteroatoms. The van der Waals surface area contributed by atoms with Crippen LogP contribution < -0.4 is 20.6 Å². The van der Waals surface area contributed by atoms with Crippen molar-refractivity contribution in [1.29, 1.82) is 0 Å². The summed E-state index contributed by atoms with van der Waals surface area (Å²) in [4.78, 5) is 43.7. The van der Waals surface area contributed by atoms with Gasteiger partial charge in [-0.1, -0.05) is 18.2 Å². The fourth-order valence-corrected chi connectivity index (χ4v) is 3.06. The molecule has 0 fully saturated rings. The van der Waals surface area contributed by atoms with Crippen molar-refractivity contribution in [1.82, 2.24) is 20.2 Å². The van der Waals surface area contributed by atoms with E-state index in [4.69, 9.17) is 14.2 Å². The third-order valence-electron chi connectivity index (χ3n) is 4.49. The Morgan fingerprint density at radius 2 is 1.67 bits per heavy atom. The van der Waals surface area contributed by atoms with Crippen LogP contribution in [0.5, 0.6) is 11.5 Å². The van der Waals surface area contributed by atoms with Crippen LogP contribution in [-0.2, 0) is 11.3 Å². The largest absolute Gasteiger partial charge is 0.493 e. The lowest BCUT2D eigenvalue weighted by Crippen LogP contribution is -2.18. The third kappa shape index (κ3) is 3.34. The molecule has 0 radical (unpaired) electrons. The van der Waals surface area contributed by atoms with E-state index < -0.39 is 17.1 Å². The summed E-state index contributed by atoms with van der Waals surface area (Å²) in [6, 6.07) is 9.63. The van der Waals surface area contributed by atoms with Gasteiger partial charge >= 0.3 is 5.97 Å². The highest BCUT2D eigenvalue weighted by atomic mass is 16.5. The van der Waals surface area contributed by atoms with E-state index in [-0.39, 0.29) is 18.1 Å². The van der Waals surface area contributed by atoms with Gasteiger partial charge in [-0.2, -0.15) is 5.10 Å². The van der Waals surface area contributed by atoms with Crippen molar-refractivity contribution in [3.63, 3.8) is 0 Å². The molecule has 0 aliphatic carbocycles. The van der Waals surface area contributed by atoms with E-state index in [2.05, 4.69) is 20.2 Å². The summed E-state index contributed by atoms with van der Waals surface area (Å²) >= 11 is 0. The number of H-pyrrole nitrogens is 2. The Balaban J connectivity index is 1.64. The van der Waals surface area contributed by atoms with Crippen LogP contribution >= 0.6 is 0 Å². The molecule has 2 N–H and O–H groups in total. The summed E-state index contributed by atoms with van der Waals surface area (Å²) in [7, 11) is 2.94. The number of carbonyl (C=O) groups excluding carboxylic acids is 1. The van der Waals surface area contributed by atoms with E-state index >= 15 is 0 Å². The smallest absolute Gasteiger partial charge is 0.359 e. The number of hydrogen-bond acceptors (Lipinski definition) is 8. The van der Waals surface area contributed by atoms with Gasteiger partial charge in [-0.15, -0.1) is 0 Å². The molecule has 4 aromatic rings. The second kappa shape index (κ2) is 7.66. The summed E-state index contributed by atoms with van der Waals surface area (Å²) in [5.74, 6) is 0.182. The first-order valence-electron chi connectivity index (χ1n) is 8.81. The van der Waals surface area contributed by atoms with Crippen molar-refractivity contribution in [3.8, 4) is 11.5 Å². The number of nitrogens with zero attached hydrogens (tertiary/aromatic N) is 2. The number of methoxy groups -OCH3 is 2. The van der Waals surface area contributed by atoms with Crippen molar-refractivity contribution < 1.29 is 19.0 Å². The molecule has 0 aliphatic rings. The molecular weight excluding hydrogens is 392 g/mol. The monoisotopic (exact) mass is 408 g/mol. The Morgan fingerprint density at radius 1 is 0.967 bits per heavy atom.